The van der Waals surface area contributed by atoms with E-state index in [1.165, 1.54) is 27.0 Å². The largest absolute Gasteiger partial charge is 0.493 e. The van der Waals surface area contributed by atoms with Crippen molar-refractivity contribution in [2.75, 3.05) is 120 Å². The number of rotatable bonds is 26. The molecule has 37 nitrogen and oxygen atoms in total. The maximum absolute atomic E-state index is 13.5. The third-order valence-electron chi connectivity index (χ3n) is 19.5. The molecule has 626 valence electrons. The minimum Gasteiger partial charge on any atom is -0.493 e. The van der Waals surface area contributed by atoms with E-state index in [9.17, 15) is 54.0 Å². The molecule has 115 heavy (non-hydrogen) atoms. The standard InChI is InChI=1S/3C23H32N6O4S.C6H8O7/c3*1-5-8-18-20-21(28(4)26-18)23(30)25-22(24-20)17-15-16(9-10-19(17)33-6-2)34(31,32)29-12-7-11-27(3)13-14-29;7-3(8)1-6(13,5(11)12)2-4(9)10/h3*9-10,15H,5-8,11-14H2,1-4H3,(H,24,25,30);13H,1-2H2,(H,7,8)(H,9,10)(H,11,12). The van der Waals surface area contributed by atoms with Gasteiger partial charge in [-0.05, 0) is 155 Å². The highest BCUT2D eigenvalue weighted by Gasteiger charge is 2.41. The molecule has 0 aliphatic carbocycles. The van der Waals surface area contributed by atoms with Crippen LogP contribution in [0.3, 0.4) is 0 Å². The Labute approximate surface area is 666 Å². The van der Waals surface area contributed by atoms with Gasteiger partial charge in [-0.25, -0.2) is 45.0 Å². The number of nitrogens with zero attached hydrogens (tertiary/aromatic N) is 15. The zero-order chi connectivity index (χ0) is 84.0. The summed E-state index contributed by atoms with van der Waals surface area (Å²) in [5, 5.41) is 47.2. The number of aromatic amines is 3. The van der Waals surface area contributed by atoms with E-state index in [-0.39, 0.29) is 48.8 Å². The number of aryl methyl sites for hydroxylation is 6. The Bertz CT molecular complexity index is 5040. The molecule has 0 atom stereocenters. The quantitative estimate of drug-likeness (QED) is 0.0384. The summed E-state index contributed by atoms with van der Waals surface area (Å²) in [5.41, 5.74) is 2.52. The third kappa shape index (κ3) is 20.9. The fourth-order valence-electron chi connectivity index (χ4n) is 13.7. The van der Waals surface area contributed by atoms with Crippen molar-refractivity contribution in [1.29, 1.82) is 0 Å². The van der Waals surface area contributed by atoms with Gasteiger partial charge in [-0.1, -0.05) is 40.0 Å². The third-order valence-corrected chi connectivity index (χ3v) is 25.2. The number of nitrogens with one attached hydrogen (secondary N) is 3. The van der Waals surface area contributed by atoms with Crippen LogP contribution < -0.4 is 30.9 Å². The Kier molecular flexibility index (Phi) is 30.0. The van der Waals surface area contributed by atoms with Crippen LogP contribution in [0, 0.1) is 0 Å². The number of aliphatic hydroxyl groups is 1. The minimum absolute atomic E-state index is 0.151. The first-order valence-corrected chi connectivity index (χ1v) is 42.5. The highest BCUT2D eigenvalue weighted by Crippen LogP contribution is 2.37. The Morgan fingerprint density at radius 3 is 0.922 bits per heavy atom. The molecule has 3 aromatic carbocycles. The molecule has 40 heteroatoms. The van der Waals surface area contributed by atoms with Crippen LogP contribution in [0.5, 0.6) is 17.2 Å². The average Bonchev–Trinajstić information content (AvgIpc) is 1.64. The van der Waals surface area contributed by atoms with Gasteiger partial charge in [0, 0.05) is 80.0 Å². The van der Waals surface area contributed by atoms with Crippen LogP contribution in [0.25, 0.3) is 67.3 Å². The Morgan fingerprint density at radius 1 is 0.417 bits per heavy atom. The van der Waals surface area contributed by atoms with E-state index >= 15 is 0 Å². The normalized spacial score (nSPS) is 15.5. The summed E-state index contributed by atoms with van der Waals surface area (Å²) < 4.78 is 107. The summed E-state index contributed by atoms with van der Waals surface area (Å²) in [6.07, 6.45) is 4.65. The molecule has 9 heterocycles. The Hall–Kier alpha value is -9.91. The molecule has 0 saturated carbocycles. The maximum Gasteiger partial charge on any atom is 0.336 e. The van der Waals surface area contributed by atoms with Crippen molar-refractivity contribution < 1.29 is 74.3 Å². The second-order valence-electron chi connectivity index (χ2n) is 28.2. The average molecular weight is 1660 g/mol. The van der Waals surface area contributed by atoms with Gasteiger partial charge in [0.05, 0.1) is 81.1 Å². The van der Waals surface area contributed by atoms with Gasteiger partial charge in [0.25, 0.3) is 16.7 Å². The molecule has 9 aromatic rings. The molecule has 3 saturated heterocycles. The predicted octanol–water partition coefficient (Wildman–Crippen LogP) is 4.75. The number of aromatic nitrogens is 12. The summed E-state index contributed by atoms with van der Waals surface area (Å²) in [7, 11) is -0.0273. The SMILES string of the molecule is CCCc1nn(C)c2c(=O)[nH]c(-c3cc(S(=O)(=O)N4CCCN(C)CC4)ccc3OCC)nc12.CCCc1nn(C)c2c(=O)[nH]c(-c3cc(S(=O)(=O)N4CCCN(C)CC4)ccc3OCC)nc12.CCCc1nn(C)c2c(=O)[nH]c(-c3cc(S(=O)(=O)N4CCCN(C)CC4)ccc3OCC)nc12.O=C(O)CC(O)(CC(=O)O)C(=O)O. The Morgan fingerprint density at radius 2 is 0.687 bits per heavy atom. The lowest BCUT2D eigenvalue weighted by atomic mass is 9.96. The lowest BCUT2D eigenvalue weighted by Gasteiger charge is -2.21. The number of aliphatic carboxylic acids is 3. The van der Waals surface area contributed by atoms with Crippen molar-refractivity contribution in [3.63, 3.8) is 0 Å². The van der Waals surface area contributed by atoms with Crippen molar-refractivity contribution >= 4 is 81.1 Å². The van der Waals surface area contributed by atoms with Crippen molar-refractivity contribution in [2.24, 2.45) is 21.1 Å². The van der Waals surface area contributed by atoms with Gasteiger partial charge in [-0.2, -0.15) is 28.2 Å². The van der Waals surface area contributed by atoms with Crippen molar-refractivity contribution in [2.45, 2.75) is 132 Å². The molecule has 3 fully saturated rings. The number of likely N-dealkylation sites (N-methyl/N-ethyl adjacent to an activating group) is 3. The molecule has 0 amide bonds. The highest BCUT2D eigenvalue weighted by atomic mass is 32.2. The Balaban J connectivity index is 0.000000183. The van der Waals surface area contributed by atoms with Gasteiger partial charge in [0.15, 0.2) is 22.2 Å². The lowest BCUT2D eigenvalue weighted by molar-refractivity contribution is -0.170. The summed E-state index contributed by atoms with van der Waals surface area (Å²) in [4.78, 5) is 98.8. The molecule has 7 N–H and O–H groups in total. The summed E-state index contributed by atoms with van der Waals surface area (Å²) in [5.74, 6) is -2.85. The number of sulfonamides is 3. The van der Waals surface area contributed by atoms with Crippen LogP contribution in [0.2, 0.25) is 0 Å². The van der Waals surface area contributed by atoms with Gasteiger partial charge < -0.3 is 64.3 Å². The van der Waals surface area contributed by atoms with Gasteiger partial charge in [0.1, 0.15) is 51.3 Å². The molecule has 0 unspecified atom stereocenters. The summed E-state index contributed by atoms with van der Waals surface area (Å²) >= 11 is 0. The van der Waals surface area contributed by atoms with Crippen LogP contribution in [0.1, 0.15) is 110 Å². The van der Waals surface area contributed by atoms with Crippen LogP contribution >= 0.6 is 0 Å². The van der Waals surface area contributed by atoms with Crippen molar-refractivity contribution in [3.05, 3.63) is 103 Å². The second-order valence-corrected chi connectivity index (χ2v) is 34.0. The second kappa shape index (κ2) is 38.7. The van der Waals surface area contributed by atoms with Gasteiger partial charge >= 0.3 is 17.9 Å². The van der Waals surface area contributed by atoms with Gasteiger partial charge in [-0.15, -0.1) is 0 Å². The molecule has 6 aromatic heterocycles. The number of carbonyl (C=O) groups is 3. The molecule has 3 aliphatic heterocycles. The number of hydrogen-bond acceptors (Lipinski definition) is 25. The molecular weight excluding hydrogens is 1550 g/mol. The first-order valence-electron chi connectivity index (χ1n) is 38.2. The molecule has 0 spiro atoms. The van der Waals surface area contributed by atoms with Crippen LogP contribution in [-0.2, 0) is 84.9 Å². The van der Waals surface area contributed by atoms with Gasteiger partial charge in [0.2, 0.25) is 30.1 Å². The molecule has 0 radical (unpaired) electrons. The van der Waals surface area contributed by atoms with Crippen molar-refractivity contribution in [1.82, 2.24) is 86.9 Å². The zero-order valence-electron chi connectivity index (χ0n) is 66.9. The molecule has 3 aliphatic rings. The van der Waals surface area contributed by atoms with Crippen LogP contribution in [0.15, 0.2) is 83.7 Å². The predicted molar refractivity (Wildman–Crippen MR) is 429 cm³/mol. The summed E-state index contributed by atoms with van der Waals surface area (Å²) in [6, 6.07) is 14.2. The van der Waals surface area contributed by atoms with E-state index in [1.54, 1.807) is 75.7 Å². The highest BCUT2D eigenvalue weighted by molar-refractivity contribution is 7.89. The van der Waals surface area contributed by atoms with E-state index in [0.717, 1.165) is 75.2 Å². The zero-order valence-corrected chi connectivity index (χ0v) is 69.4. The minimum atomic E-state index is -3.72. The topological polar surface area (TPSA) is 472 Å². The number of carboxylic acids is 3. The molecule has 12 rings (SSSR count). The number of ether oxygens (including phenoxy) is 3. The number of fused-ring (bicyclic) bond motifs is 3. The lowest BCUT2D eigenvalue weighted by Crippen LogP contribution is -2.42. The van der Waals surface area contributed by atoms with E-state index in [1.807, 2.05) is 62.7 Å². The monoisotopic (exact) mass is 1660 g/mol. The first-order chi connectivity index (χ1) is 54.5. The molecule has 0 bridgehead atoms. The van der Waals surface area contributed by atoms with Crippen LogP contribution in [-0.4, -0.2) is 276 Å². The number of hydrogen-bond donors (Lipinski definition) is 7. The van der Waals surface area contributed by atoms with E-state index < -0.39 is 66.4 Å². The number of H-pyrrole nitrogens is 3. The number of benzene rings is 3. The molecular formula is C75H104N18O19S3. The fourth-order valence-corrected chi connectivity index (χ4v) is 18.2. The fraction of sp³-hybridized carbons (Fsp3) is 0.520. The number of carboxylic acid groups (broad SMARTS) is 3. The van der Waals surface area contributed by atoms with E-state index in [4.69, 9.17) is 49.6 Å². The smallest absolute Gasteiger partial charge is 0.336 e. The maximum atomic E-state index is 13.5. The van der Waals surface area contributed by atoms with Gasteiger partial charge in [-0.3, -0.25) is 38.0 Å². The van der Waals surface area contributed by atoms with Crippen molar-refractivity contribution in [3.8, 4) is 51.4 Å². The summed E-state index contributed by atoms with van der Waals surface area (Å²) in [6.45, 7) is 20.1. The van der Waals surface area contributed by atoms with E-state index in [2.05, 4.69) is 44.9 Å². The van der Waals surface area contributed by atoms with Crippen LogP contribution in [0.4, 0.5) is 0 Å². The first kappa shape index (κ1) is 89.0. The van der Waals surface area contributed by atoms with E-state index in [0.29, 0.717) is 165 Å².